The summed E-state index contributed by atoms with van der Waals surface area (Å²) in [6, 6.07) is 15.9. The number of rotatable bonds is 6. The predicted molar refractivity (Wildman–Crippen MR) is 91.3 cm³/mol. The van der Waals surface area contributed by atoms with E-state index in [0.717, 1.165) is 11.1 Å². The predicted octanol–water partition coefficient (Wildman–Crippen LogP) is 3.52. The highest BCUT2D eigenvalue weighted by Crippen LogP contribution is 2.11. The lowest BCUT2D eigenvalue weighted by Gasteiger charge is -2.05. The van der Waals surface area contributed by atoms with Crippen molar-refractivity contribution < 1.29 is 9.72 Å². The summed E-state index contributed by atoms with van der Waals surface area (Å²) in [4.78, 5) is 21.9. The van der Waals surface area contributed by atoms with E-state index >= 15 is 0 Å². The van der Waals surface area contributed by atoms with Crippen LogP contribution >= 0.6 is 0 Å². The number of nitro benzene ring substituents is 1. The second-order valence-corrected chi connectivity index (χ2v) is 4.69. The van der Waals surface area contributed by atoms with Gasteiger partial charge in [-0.3, -0.25) is 14.9 Å². The van der Waals surface area contributed by atoms with Gasteiger partial charge in [-0.15, -0.1) is 0 Å². The zero-order valence-corrected chi connectivity index (χ0v) is 13.5. The van der Waals surface area contributed by atoms with Crippen LogP contribution in [0.5, 0.6) is 0 Å². The Kier molecular flexibility index (Phi) is 8.07. The van der Waals surface area contributed by atoms with Gasteiger partial charge in [0.15, 0.2) is 0 Å². The maximum absolute atomic E-state index is 11.7. The molecule has 0 atom stereocenters. The van der Waals surface area contributed by atoms with E-state index in [1.165, 1.54) is 12.1 Å². The molecule has 2 aromatic rings. The van der Waals surface area contributed by atoms with Crippen molar-refractivity contribution in [2.45, 2.75) is 26.7 Å². The smallest absolute Gasteiger partial charge is 0.269 e. The first kappa shape index (κ1) is 18.4. The molecule has 0 aliphatic heterocycles. The van der Waals surface area contributed by atoms with Crippen LogP contribution in [0.1, 0.15) is 25.0 Å². The van der Waals surface area contributed by atoms with E-state index in [9.17, 15) is 14.9 Å². The Morgan fingerprint density at radius 1 is 1.00 bits per heavy atom. The van der Waals surface area contributed by atoms with Crippen LogP contribution in [0.25, 0.3) is 0 Å². The number of nitrogens with zero attached hydrogens (tertiary/aromatic N) is 1. The highest BCUT2D eigenvalue weighted by Gasteiger charge is 2.05. The zero-order chi connectivity index (χ0) is 17.1. The summed E-state index contributed by atoms with van der Waals surface area (Å²) < 4.78 is 0. The van der Waals surface area contributed by atoms with Gasteiger partial charge in [0.25, 0.3) is 5.69 Å². The molecular weight excluding hydrogens is 292 g/mol. The van der Waals surface area contributed by atoms with Crippen molar-refractivity contribution in [1.82, 2.24) is 5.32 Å². The van der Waals surface area contributed by atoms with E-state index in [2.05, 4.69) is 5.32 Å². The van der Waals surface area contributed by atoms with E-state index in [1.807, 2.05) is 44.2 Å². The third-order valence-electron chi connectivity index (χ3n) is 3.09. The van der Waals surface area contributed by atoms with Gasteiger partial charge >= 0.3 is 0 Å². The largest absolute Gasteiger partial charge is 0.355 e. The van der Waals surface area contributed by atoms with Gasteiger partial charge in [0, 0.05) is 18.7 Å². The molecule has 0 fully saturated rings. The summed E-state index contributed by atoms with van der Waals surface area (Å²) in [6.07, 6.45) is 1.01. The van der Waals surface area contributed by atoms with Gasteiger partial charge in [-0.05, 0) is 17.5 Å². The fraction of sp³-hybridized carbons (Fsp3) is 0.278. The molecule has 0 radical (unpaired) electrons. The molecule has 2 aromatic carbocycles. The number of hydrogen-bond acceptors (Lipinski definition) is 3. The van der Waals surface area contributed by atoms with Crippen LogP contribution in [0.4, 0.5) is 5.69 Å². The molecular formula is C18H22N2O3. The van der Waals surface area contributed by atoms with Crippen LogP contribution in [-0.4, -0.2) is 17.4 Å². The summed E-state index contributed by atoms with van der Waals surface area (Å²) in [5.41, 5.74) is 2.01. The number of nitro groups is 1. The van der Waals surface area contributed by atoms with Crippen molar-refractivity contribution in [3.63, 3.8) is 0 Å². The van der Waals surface area contributed by atoms with Gasteiger partial charge < -0.3 is 5.32 Å². The van der Waals surface area contributed by atoms with Crippen LogP contribution in [0.2, 0.25) is 0 Å². The van der Waals surface area contributed by atoms with E-state index in [0.29, 0.717) is 19.4 Å². The SMILES string of the molecule is CC.O=C(Cc1ccccc1)NCCc1ccc([N+](=O)[O-])cc1. The molecule has 5 nitrogen and oxygen atoms in total. The fourth-order valence-electron chi connectivity index (χ4n) is 1.97. The maximum Gasteiger partial charge on any atom is 0.269 e. The lowest BCUT2D eigenvalue weighted by Crippen LogP contribution is -2.27. The number of carbonyl (C=O) groups is 1. The monoisotopic (exact) mass is 314 g/mol. The van der Waals surface area contributed by atoms with Gasteiger partial charge in [0.05, 0.1) is 11.3 Å². The van der Waals surface area contributed by atoms with Gasteiger partial charge in [0.1, 0.15) is 0 Å². The minimum absolute atomic E-state index is 0.0249. The maximum atomic E-state index is 11.7. The normalized spacial score (nSPS) is 9.48. The van der Waals surface area contributed by atoms with Crippen LogP contribution in [0, 0.1) is 10.1 Å². The Balaban J connectivity index is 0.00000127. The van der Waals surface area contributed by atoms with Crippen molar-refractivity contribution in [2.75, 3.05) is 6.54 Å². The second kappa shape index (κ2) is 10.1. The van der Waals surface area contributed by atoms with Crippen LogP contribution in [0.15, 0.2) is 54.6 Å². The van der Waals surface area contributed by atoms with Crippen LogP contribution in [-0.2, 0) is 17.6 Å². The minimum atomic E-state index is -0.425. The molecule has 0 aliphatic rings. The molecule has 0 unspecified atom stereocenters. The van der Waals surface area contributed by atoms with Crippen molar-refractivity contribution in [3.8, 4) is 0 Å². The fourth-order valence-corrected chi connectivity index (χ4v) is 1.97. The summed E-state index contributed by atoms with van der Waals surface area (Å²) in [6.45, 7) is 4.52. The molecule has 0 aliphatic carbocycles. The number of amides is 1. The molecule has 23 heavy (non-hydrogen) atoms. The molecule has 122 valence electrons. The highest BCUT2D eigenvalue weighted by atomic mass is 16.6. The number of non-ortho nitro benzene ring substituents is 1. The third kappa shape index (κ3) is 6.74. The molecule has 0 bridgehead atoms. The molecule has 5 heteroatoms. The molecule has 0 spiro atoms. The van der Waals surface area contributed by atoms with Gasteiger partial charge in [-0.2, -0.15) is 0 Å². The average molecular weight is 314 g/mol. The number of hydrogen-bond donors (Lipinski definition) is 1. The summed E-state index contributed by atoms with van der Waals surface area (Å²) in [7, 11) is 0. The van der Waals surface area contributed by atoms with Crippen molar-refractivity contribution in [1.29, 1.82) is 0 Å². The number of benzene rings is 2. The van der Waals surface area contributed by atoms with Gasteiger partial charge in [-0.25, -0.2) is 0 Å². The van der Waals surface area contributed by atoms with Crippen LogP contribution in [0.3, 0.4) is 0 Å². The standard InChI is InChI=1S/C16H16N2O3.C2H6/c19-16(12-14-4-2-1-3-5-14)17-11-10-13-6-8-15(9-7-13)18(20)21;1-2/h1-9H,10-12H2,(H,17,19);1-2H3. The Morgan fingerprint density at radius 3 is 2.17 bits per heavy atom. The molecule has 0 saturated heterocycles. The van der Waals surface area contributed by atoms with E-state index in [-0.39, 0.29) is 11.6 Å². The molecule has 0 aromatic heterocycles. The summed E-state index contributed by atoms with van der Waals surface area (Å²) in [5.74, 6) is -0.0249. The number of carbonyl (C=O) groups excluding carboxylic acids is 1. The van der Waals surface area contributed by atoms with Crippen molar-refractivity contribution >= 4 is 11.6 Å². The molecule has 1 N–H and O–H groups in total. The Morgan fingerprint density at radius 2 is 1.61 bits per heavy atom. The molecule has 0 saturated carbocycles. The Hall–Kier alpha value is -2.69. The Bertz CT molecular complexity index is 610. The lowest BCUT2D eigenvalue weighted by atomic mass is 10.1. The molecule has 1 amide bonds. The van der Waals surface area contributed by atoms with Gasteiger partial charge in [-0.1, -0.05) is 56.3 Å². The van der Waals surface area contributed by atoms with Crippen LogP contribution < -0.4 is 5.32 Å². The number of nitrogens with one attached hydrogen (secondary N) is 1. The van der Waals surface area contributed by atoms with Crippen molar-refractivity contribution in [3.05, 3.63) is 75.8 Å². The average Bonchev–Trinajstić information content (AvgIpc) is 2.58. The zero-order valence-electron chi connectivity index (χ0n) is 13.5. The first-order chi connectivity index (χ1) is 11.1. The third-order valence-corrected chi connectivity index (χ3v) is 3.09. The van der Waals surface area contributed by atoms with E-state index in [4.69, 9.17) is 0 Å². The van der Waals surface area contributed by atoms with Gasteiger partial charge in [0.2, 0.25) is 5.91 Å². The quantitative estimate of drug-likeness (QED) is 0.655. The first-order valence-corrected chi connectivity index (χ1v) is 7.69. The second-order valence-electron chi connectivity index (χ2n) is 4.69. The first-order valence-electron chi connectivity index (χ1n) is 7.69. The minimum Gasteiger partial charge on any atom is -0.355 e. The summed E-state index contributed by atoms with van der Waals surface area (Å²) in [5, 5.41) is 13.4. The van der Waals surface area contributed by atoms with Crippen molar-refractivity contribution in [2.24, 2.45) is 0 Å². The van der Waals surface area contributed by atoms with E-state index < -0.39 is 4.92 Å². The lowest BCUT2D eigenvalue weighted by molar-refractivity contribution is -0.384. The molecule has 0 heterocycles. The topological polar surface area (TPSA) is 72.2 Å². The highest BCUT2D eigenvalue weighted by molar-refractivity contribution is 5.78. The summed E-state index contributed by atoms with van der Waals surface area (Å²) >= 11 is 0. The molecule has 2 rings (SSSR count). The Labute approximate surface area is 136 Å². The van der Waals surface area contributed by atoms with E-state index in [1.54, 1.807) is 12.1 Å².